The number of nitrogens with one attached hydrogen (secondary N) is 1. The lowest BCUT2D eigenvalue weighted by molar-refractivity contribution is -0.163. The van der Waals surface area contributed by atoms with E-state index >= 15 is 0 Å². The molecule has 144 valence electrons. The van der Waals surface area contributed by atoms with Gasteiger partial charge in [-0.15, -0.1) is 0 Å². The van der Waals surface area contributed by atoms with Gasteiger partial charge in [-0.3, -0.25) is 4.79 Å². The molecule has 1 amide bonds. The van der Waals surface area contributed by atoms with Crippen molar-refractivity contribution >= 4 is 16.8 Å². The summed E-state index contributed by atoms with van der Waals surface area (Å²) in [6.45, 7) is 6.51. The van der Waals surface area contributed by atoms with Crippen molar-refractivity contribution in [3.8, 4) is 0 Å². The summed E-state index contributed by atoms with van der Waals surface area (Å²) >= 11 is 0. The zero-order chi connectivity index (χ0) is 18.9. The van der Waals surface area contributed by atoms with Crippen molar-refractivity contribution < 1.29 is 9.90 Å². The number of benzene rings is 1. The average molecular weight is 367 g/mol. The number of rotatable bonds is 3. The van der Waals surface area contributed by atoms with Crippen molar-refractivity contribution in [3.05, 3.63) is 35.0 Å². The van der Waals surface area contributed by atoms with E-state index in [1.54, 1.807) is 0 Å². The van der Waals surface area contributed by atoms with Crippen LogP contribution < -0.4 is 0 Å². The number of aryl methyl sites for hydroxylation is 2. The SMILES string of the molecule is Cc1ccc2[nH]cc(C(C)CC(=O)N3C4CC5CC3CC(C4)C5O)c2c1C. The van der Waals surface area contributed by atoms with Crippen LogP contribution in [-0.4, -0.2) is 39.1 Å². The first-order valence-corrected chi connectivity index (χ1v) is 10.5. The van der Waals surface area contributed by atoms with Crippen LogP contribution in [0, 0.1) is 25.7 Å². The molecule has 2 aliphatic heterocycles. The number of piperidine rings is 2. The number of amides is 1. The van der Waals surface area contributed by atoms with Gasteiger partial charge >= 0.3 is 0 Å². The predicted octanol–water partition coefficient (Wildman–Crippen LogP) is 4.04. The second-order valence-corrected chi connectivity index (χ2v) is 9.34. The molecule has 4 bridgehead atoms. The van der Waals surface area contributed by atoms with Crippen LogP contribution >= 0.6 is 0 Å². The Morgan fingerprint density at radius 1 is 1.19 bits per heavy atom. The minimum Gasteiger partial charge on any atom is -0.393 e. The van der Waals surface area contributed by atoms with Gasteiger partial charge in [0.1, 0.15) is 0 Å². The van der Waals surface area contributed by atoms with Crippen molar-refractivity contribution in [1.29, 1.82) is 0 Å². The van der Waals surface area contributed by atoms with Crippen molar-refractivity contribution in [2.45, 2.75) is 77.0 Å². The van der Waals surface area contributed by atoms with Crippen LogP contribution in [-0.2, 0) is 4.79 Å². The molecule has 4 fully saturated rings. The van der Waals surface area contributed by atoms with E-state index in [9.17, 15) is 9.90 Å². The van der Waals surface area contributed by atoms with Crippen LogP contribution in [0.4, 0.5) is 0 Å². The molecule has 1 unspecified atom stereocenters. The predicted molar refractivity (Wildman–Crippen MR) is 107 cm³/mol. The highest BCUT2D eigenvalue weighted by Gasteiger charge is 2.52. The van der Waals surface area contributed by atoms with Gasteiger partial charge < -0.3 is 15.0 Å². The number of carbonyl (C=O) groups is 1. The third-order valence-corrected chi connectivity index (χ3v) is 7.76. The molecule has 4 nitrogen and oxygen atoms in total. The summed E-state index contributed by atoms with van der Waals surface area (Å²) in [5.74, 6) is 1.36. The van der Waals surface area contributed by atoms with E-state index in [0.717, 1.165) is 31.2 Å². The van der Waals surface area contributed by atoms with Crippen molar-refractivity contribution in [1.82, 2.24) is 9.88 Å². The van der Waals surface area contributed by atoms with Crippen molar-refractivity contribution in [2.24, 2.45) is 11.8 Å². The first-order valence-electron chi connectivity index (χ1n) is 10.5. The Labute approximate surface area is 160 Å². The van der Waals surface area contributed by atoms with E-state index in [1.807, 2.05) is 0 Å². The van der Waals surface area contributed by atoms with E-state index in [1.165, 1.54) is 22.1 Å². The normalized spacial score (nSPS) is 33.0. The number of aromatic nitrogens is 1. The number of aliphatic hydroxyl groups is 1. The molecule has 0 spiro atoms. The number of carbonyl (C=O) groups excluding carboxylic acids is 1. The van der Waals surface area contributed by atoms with Gasteiger partial charge in [0.2, 0.25) is 5.91 Å². The van der Waals surface area contributed by atoms with Gasteiger partial charge in [-0.1, -0.05) is 13.0 Å². The quantitative estimate of drug-likeness (QED) is 0.861. The lowest BCUT2D eigenvalue weighted by atomic mass is 9.62. The number of aromatic amines is 1. The Morgan fingerprint density at radius 3 is 2.44 bits per heavy atom. The molecule has 0 radical (unpaired) electrons. The first kappa shape index (κ1) is 17.3. The van der Waals surface area contributed by atoms with Gasteiger partial charge in [-0.25, -0.2) is 0 Å². The highest BCUT2D eigenvalue weighted by Crippen LogP contribution is 2.49. The zero-order valence-electron chi connectivity index (χ0n) is 16.5. The Kier molecular flexibility index (Phi) is 3.91. The van der Waals surface area contributed by atoms with E-state index in [2.05, 4.69) is 49.0 Å². The van der Waals surface area contributed by atoms with E-state index in [0.29, 0.717) is 36.2 Å². The summed E-state index contributed by atoms with van der Waals surface area (Å²) in [5, 5.41) is 11.7. The largest absolute Gasteiger partial charge is 0.393 e. The second kappa shape index (κ2) is 6.10. The summed E-state index contributed by atoms with van der Waals surface area (Å²) in [4.78, 5) is 18.9. The molecule has 1 atom stereocenters. The fourth-order valence-corrected chi connectivity index (χ4v) is 6.29. The number of hydrogen-bond acceptors (Lipinski definition) is 2. The number of aliphatic hydroxyl groups excluding tert-OH is 1. The molecule has 2 N–H and O–H groups in total. The minimum absolute atomic E-state index is 0.119. The zero-order valence-corrected chi connectivity index (χ0v) is 16.5. The molecule has 4 heteroatoms. The molecule has 4 aliphatic rings. The van der Waals surface area contributed by atoms with Crippen LogP contribution in [0.25, 0.3) is 10.9 Å². The Hall–Kier alpha value is -1.81. The molecule has 3 heterocycles. The van der Waals surface area contributed by atoms with Gasteiger partial charge in [-0.05, 0) is 80.0 Å². The van der Waals surface area contributed by atoms with Gasteiger partial charge in [0, 0.05) is 35.6 Å². The van der Waals surface area contributed by atoms with Crippen LogP contribution in [0.1, 0.15) is 61.6 Å². The smallest absolute Gasteiger partial charge is 0.223 e. The van der Waals surface area contributed by atoms with Gasteiger partial charge in [-0.2, -0.15) is 0 Å². The Morgan fingerprint density at radius 2 is 1.81 bits per heavy atom. The summed E-state index contributed by atoms with van der Waals surface area (Å²) in [7, 11) is 0. The molecule has 1 aromatic carbocycles. The molecule has 6 rings (SSSR count). The highest BCUT2D eigenvalue weighted by molar-refractivity contribution is 5.89. The van der Waals surface area contributed by atoms with E-state index in [4.69, 9.17) is 0 Å². The molecule has 2 saturated heterocycles. The van der Waals surface area contributed by atoms with E-state index < -0.39 is 0 Å². The number of nitrogens with zero attached hydrogens (tertiary/aromatic N) is 1. The molecule has 2 aliphatic carbocycles. The molecular formula is C23H30N2O2. The summed E-state index contributed by atoms with van der Waals surface area (Å²) in [5.41, 5.74) is 5.04. The maximum absolute atomic E-state index is 13.3. The van der Waals surface area contributed by atoms with Crippen LogP contribution in [0.15, 0.2) is 18.3 Å². The van der Waals surface area contributed by atoms with Gasteiger partial charge in [0.15, 0.2) is 0 Å². The summed E-state index contributed by atoms with van der Waals surface area (Å²) < 4.78 is 0. The van der Waals surface area contributed by atoms with Crippen molar-refractivity contribution in [2.75, 3.05) is 0 Å². The monoisotopic (exact) mass is 366 g/mol. The molecule has 2 saturated carbocycles. The topological polar surface area (TPSA) is 56.3 Å². The van der Waals surface area contributed by atoms with Crippen LogP contribution in [0.3, 0.4) is 0 Å². The Bertz CT molecular complexity index is 869. The van der Waals surface area contributed by atoms with Gasteiger partial charge in [0.25, 0.3) is 0 Å². The first-order chi connectivity index (χ1) is 12.9. The van der Waals surface area contributed by atoms with Crippen molar-refractivity contribution in [3.63, 3.8) is 0 Å². The summed E-state index contributed by atoms with van der Waals surface area (Å²) in [6, 6.07) is 5.02. The molecule has 2 aromatic rings. The lowest BCUT2D eigenvalue weighted by Crippen LogP contribution is -2.64. The minimum atomic E-state index is -0.119. The maximum Gasteiger partial charge on any atom is 0.223 e. The number of hydrogen-bond donors (Lipinski definition) is 2. The molecular weight excluding hydrogens is 336 g/mol. The number of fused-ring (bicyclic) bond motifs is 1. The summed E-state index contributed by atoms with van der Waals surface area (Å²) in [6.07, 6.45) is 6.55. The number of H-pyrrole nitrogens is 1. The van der Waals surface area contributed by atoms with Gasteiger partial charge in [0.05, 0.1) is 6.10 Å². The fraction of sp³-hybridized carbons (Fsp3) is 0.609. The molecule has 27 heavy (non-hydrogen) atoms. The molecule has 1 aromatic heterocycles. The highest BCUT2D eigenvalue weighted by atomic mass is 16.3. The fourth-order valence-electron chi connectivity index (χ4n) is 6.29. The third kappa shape index (κ3) is 2.56. The second-order valence-electron chi connectivity index (χ2n) is 9.34. The maximum atomic E-state index is 13.3. The third-order valence-electron chi connectivity index (χ3n) is 7.76. The van der Waals surface area contributed by atoms with Crippen LogP contribution in [0.5, 0.6) is 0 Å². The average Bonchev–Trinajstić information content (AvgIpc) is 3.06. The Balaban J connectivity index is 1.37. The van der Waals surface area contributed by atoms with E-state index in [-0.39, 0.29) is 12.0 Å². The standard InChI is InChI=1S/C23H30N2O2/c1-12-4-5-20-22(14(12)3)19(11-24-20)13(2)6-21(26)25-17-7-15-8-18(25)10-16(9-17)23(15)27/h4-5,11,13,15-18,23-24,27H,6-10H2,1-3H3. The lowest BCUT2D eigenvalue weighted by Gasteiger charge is -2.58. The van der Waals surface area contributed by atoms with Crippen LogP contribution in [0.2, 0.25) is 0 Å².